The topological polar surface area (TPSA) is 21.1 Å². The molecule has 0 bridgehead atoms. The lowest BCUT2D eigenvalue weighted by Crippen LogP contribution is -2.26. The molecule has 0 spiro atoms. The largest absolute Gasteiger partial charge is 0.326 e. The molecule has 0 unspecified atom stereocenters. The zero-order valence-corrected chi connectivity index (χ0v) is 22.0. The molecule has 37 heavy (non-hydrogen) atoms. The average Bonchev–Trinajstić information content (AvgIpc) is 3.29. The third-order valence-electron chi connectivity index (χ3n) is 6.76. The Kier molecular flexibility index (Phi) is 9.61. The summed E-state index contributed by atoms with van der Waals surface area (Å²) in [5, 5.41) is 0. The van der Waals surface area contributed by atoms with Crippen LogP contribution in [0.15, 0.2) is 78.9 Å². The van der Waals surface area contributed by atoms with Crippen molar-refractivity contribution < 1.29 is 8.78 Å². The third kappa shape index (κ3) is 6.72. The van der Waals surface area contributed by atoms with Gasteiger partial charge < -0.3 is 4.57 Å². The van der Waals surface area contributed by atoms with E-state index in [0.717, 1.165) is 73.5 Å². The normalized spacial score (nSPS) is 11.4. The Balaban J connectivity index is 1.80. The second-order valence-corrected chi connectivity index (χ2v) is 9.60. The minimum absolute atomic E-state index is 0.346. The van der Waals surface area contributed by atoms with Gasteiger partial charge in [0.05, 0.1) is 11.4 Å². The standard InChI is InChI=1S/C32H37F2N3/c1-3-5-13-22-37-29(24-36(21-6-4-2)23-27-19-14-20-28(33)30(27)34)31(25-15-9-7-10-16-25)35-32(37)26-17-11-8-12-18-26/h7-12,14-20H,3-6,13,21-24H2,1-2H3. The van der Waals surface area contributed by atoms with Gasteiger partial charge in [0, 0.05) is 36.3 Å². The molecule has 0 fully saturated rings. The molecule has 0 aliphatic heterocycles. The molecule has 0 radical (unpaired) electrons. The van der Waals surface area contributed by atoms with Crippen molar-refractivity contribution in [3.63, 3.8) is 0 Å². The van der Waals surface area contributed by atoms with Gasteiger partial charge >= 0.3 is 0 Å². The van der Waals surface area contributed by atoms with E-state index in [9.17, 15) is 8.78 Å². The zero-order valence-electron chi connectivity index (χ0n) is 22.0. The predicted molar refractivity (Wildman–Crippen MR) is 148 cm³/mol. The van der Waals surface area contributed by atoms with E-state index >= 15 is 0 Å². The Morgan fingerprint density at radius 2 is 1.41 bits per heavy atom. The summed E-state index contributed by atoms with van der Waals surface area (Å²) in [4.78, 5) is 7.44. The fourth-order valence-electron chi connectivity index (χ4n) is 4.76. The van der Waals surface area contributed by atoms with E-state index in [0.29, 0.717) is 18.7 Å². The van der Waals surface area contributed by atoms with E-state index < -0.39 is 11.6 Å². The van der Waals surface area contributed by atoms with Gasteiger partial charge in [0.2, 0.25) is 0 Å². The molecule has 5 heteroatoms. The van der Waals surface area contributed by atoms with E-state index in [2.05, 4.69) is 47.6 Å². The number of unbranched alkanes of at least 4 members (excludes halogenated alkanes) is 3. The van der Waals surface area contributed by atoms with E-state index in [1.807, 2.05) is 36.4 Å². The Hall–Kier alpha value is -3.31. The van der Waals surface area contributed by atoms with Crippen LogP contribution in [-0.4, -0.2) is 21.0 Å². The summed E-state index contributed by atoms with van der Waals surface area (Å²) in [5.74, 6) is -0.597. The Bertz CT molecular complexity index is 1250. The van der Waals surface area contributed by atoms with Crippen molar-refractivity contribution in [2.24, 2.45) is 0 Å². The molecular weight excluding hydrogens is 464 g/mol. The lowest BCUT2D eigenvalue weighted by atomic mass is 10.1. The van der Waals surface area contributed by atoms with Gasteiger partial charge in [0.15, 0.2) is 11.6 Å². The van der Waals surface area contributed by atoms with Crippen LogP contribution >= 0.6 is 0 Å². The first-order chi connectivity index (χ1) is 18.1. The fraction of sp³-hybridized carbons (Fsp3) is 0.344. The summed E-state index contributed by atoms with van der Waals surface area (Å²) in [6.07, 6.45) is 5.34. The van der Waals surface area contributed by atoms with Gasteiger partial charge in [-0.15, -0.1) is 0 Å². The van der Waals surface area contributed by atoms with Crippen LogP contribution in [0.25, 0.3) is 22.6 Å². The highest BCUT2D eigenvalue weighted by molar-refractivity contribution is 5.68. The summed E-state index contributed by atoms with van der Waals surface area (Å²) in [5.41, 5.74) is 4.61. The Morgan fingerprint density at radius 3 is 2.08 bits per heavy atom. The average molecular weight is 502 g/mol. The number of aromatic nitrogens is 2. The molecule has 194 valence electrons. The molecule has 1 heterocycles. The first kappa shape index (κ1) is 26.7. The van der Waals surface area contributed by atoms with Crippen LogP contribution in [0, 0.1) is 11.6 Å². The van der Waals surface area contributed by atoms with Crippen LogP contribution in [0.3, 0.4) is 0 Å². The second-order valence-electron chi connectivity index (χ2n) is 9.60. The molecule has 3 aromatic carbocycles. The molecule has 0 saturated heterocycles. The maximum atomic E-state index is 14.7. The monoisotopic (exact) mass is 501 g/mol. The zero-order chi connectivity index (χ0) is 26.0. The lowest BCUT2D eigenvalue weighted by Gasteiger charge is -2.24. The van der Waals surface area contributed by atoms with Crippen molar-refractivity contribution in [3.05, 3.63) is 102 Å². The summed E-state index contributed by atoms with van der Waals surface area (Å²) in [6.45, 7) is 6.97. The Morgan fingerprint density at radius 1 is 0.730 bits per heavy atom. The molecule has 4 aromatic rings. The minimum Gasteiger partial charge on any atom is -0.326 e. The molecule has 4 rings (SSSR count). The molecule has 1 aromatic heterocycles. The highest BCUT2D eigenvalue weighted by Gasteiger charge is 2.22. The van der Waals surface area contributed by atoms with E-state index in [1.165, 1.54) is 6.07 Å². The van der Waals surface area contributed by atoms with Crippen molar-refractivity contribution in [3.8, 4) is 22.6 Å². The minimum atomic E-state index is -0.797. The SMILES string of the molecule is CCCCCn1c(-c2ccccc2)nc(-c2ccccc2)c1CN(CCCC)Cc1cccc(F)c1F. The molecule has 0 aliphatic rings. The van der Waals surface area contributed by atoms with Crippen molar-refractivity contribution in [1.29, 1.82) is 0 Å². The van der Waals surface area contributed by atoms with Crippen molar-refractivity contribution in [2.75, 3.05) is 6.54 Å². The first-order valence-corrected chi connectivity index (χ1v) is 13.5. The number of nitrogens with zero attached hydrogens (tertiary/aromatic N) is 3. The van der Waals surface area contributed by atoms with Gasteiger partial charge in [0.25, 0.3) is 0 Å². The van der Waals surface area contributed by atoms with Crippen LogP contribution in [0.1, 0.15) is 57.2 Å². The van der Waals surface area contributed by atoms with Gasteiger partial charge in [-0.2, -0.15) is 0 Å². The smallest absolute Gasteiger partial charge is 0.163 e. The molecular formula is C32H37F2N3. The fourth-order valence-corrected chi connectivity index (χ4v) is 4.76. The van der Waals surface area contributed by atoms with Gasteiger partial charge in [0.1, 0.15) is 5.82 Å². The van der Waals surface area contributed by atoms with Crippen LogP contribution in [0.4, 0.5) is 8.78 Å². The molecule has 0 amide bonds. The highest BCUT2D eigenvalue weighted by Crippen LogP contribution is 2.31. The first-order valence-electron chi connectivity index (χ1n) is 13.5. The maximum absolute atomic E-state index is 14.7. The van der Waals surface area contributed by atoms with Gasteiger partial charge in [-0.05, 0) is 25.5 Å². The number of hydrogen-bond acceptors (Lipinski definition) is 2. The number of rotatable bonds is 13. The van der Waals surface area contributed by atoms with Crippen LogP contribution in [0.5, 0.6) is 0 Å². The highest BCUT2D eigenvalue weighted by atomic mass is 19.2. The van der Waals surface area contributed by atoms with Gasteiger partial charge in [-0.1, -0.05) is 106 Å². The van der Waals surface area contributed by atoms with Crippen LogP contribution < -0.4 is 0 Å². The number of benzene rings is 3. The molecule has 0 atom stereocenters. The number of hydrogen-bond donors (Lipinski definition) is 0. The van der Waals surface area contributed by atoms with Crippen molar-refractivity contribution >= 4 is 0 Å². The molecule has 0 aliphatic carbocycles. The van der Waals surface area contributed by atoms with Crippen LogP contribution in [-0.2, 0) is 19.6 Å². The predicted octanol–water partition coefficient (Wildman–Crippen LogP) is 8.49. The molecule has 0 saturated carbocycles. The van der Waals surface area contributed by atoms with Crippen molar-refractivity contribution in [2.45, 2.75) is 65.6 Å². The quantitative estimate of drug-likeness (QED) is 0.171. The molecule has 0 N–H and O–H groups in total. The van der Waals surface area contributed by atoms with E-state index in [4.69, 9.17) is 4.98 Å². The van der Waals surface area contributed by atoms with E-state index in [-0.39, 0.29) is 0 Å². The van der Waals surface area contributed by atoms with Gasteiger partial charge in [-0.25, -0.2) is 13.8 Å². The lowest BCUT2D eigenvalue weighted by molar-refractivity contribution is 0.242. The van der Waals surface area contributed by atoms with Gasteiger partial charge in [-0.3, -0.25) is 4.90 Å². The van der Waals surface area contributed by atoms with E-state index in [1.54, 1.807) is 12.1 Å². The van der Waals surface area contributed by atoms with Crippen molar-refractivity contribution in [1.82, 2.24) is 14.5 Å². The molecule has 3 nitrogen and oxygen atoms in total. The summed E-state index contributed by atoms with van der Waals surface area (Å²) < 4.78 is 31.0. The summed E-state index contributed by atoms with van der Waals surface area (Å²) >= 11 is 0. The third-order valence-corrected chi connectivity index (χ3v) is 6.76. The second kappa shape index (κ2) is 13.3. The number of halogens is 2. The maximum Gasteiger partial charge on any atom is 0.163 e. The number of imidazole rings is 1. The summed E-state index contributed by atoms with van der Waals surface area (Å²) in [6, 6.07) is 25.0. The van der Waals surface area contributed by atoms with Crippen LogP contribution in [0.2, 0.25) is 0 Å². The summed E-state index contributed by atoms with van der Waals surface area (Å²) in [7, 11) is 0. The Labute approximate surface area is 219 Å².